The van der Waals surface area contributed by atoms with E-state index in [0.29, 0.717) is 12.8 Å². The van der Waals surface area contributed by atoms with Crippen molar-refractivity contribution in [3.63, 3.8) is 0 Å². The molecule has 3 amide bonds. The highest BCUT2D eigenvalue weighted by molar-refractivity contribution is 6.07. The van der Waals surface area contributed by atoms with Gasteiger partial charge in [0.15, 0.2) is 0 Å². The van der Waals surface area contributed by atoms with Crippen molar-refractivity contribution in [2.75, 3.05) is 0 Å². The Morgan fingerprint density at radius 3 is 2.53 bits per heavy atom. The van der Waals surface area contributed by atoms with Gasteiger partial charge < -0.3 is 10.1 Å². The minimum absolute atomic E-state index is 0.0453. The van der Waals surface area contributed by atoms with E-state index in [0.717, 1.165) is 12.8 Å². The summed E-state index contributed by atoms with van der Waals surface area (Å²) >= 11 is 0. The number of rotatable bonds is 4. The van der Waals surface area contributed by atoms with E-state index in [-0.39, 0.29) is 17.6 Å². The van der Waals surface area contributed by atoms with Gasteiger partial charge in [-0.25, -0.2) is 4.79 Å². The SMILES string of the molecule is CC(=O)CC[C@@]1(C2CC2)NC(=O)NC1=O. The molecule has 82 valence electrons. The zero-order valence-electron chi connectivity index (χ0n) is 8.63. The smallest absolute Gasteiger partial charge is 0.322 e. The molecule has 2 fully saturated rings. The molecule has 0 bridgehead atoms. The predicted molar refractivity (Wildman–Crippen MR) is 52.0 cm³/mol. The first-order valence-electron chi connectivity index (χ1n) is 5.17. The third kappa shape index (κ3) is 1.73. The molecule has 5 heteroatoms. The molecule has 15 heavy (non-hydrogen) atoms. The summed E-state index contributed by atoms with van der Waals surface area (Å²) in [6.45, 7) is 1.50. The molecule has 0 spiro atoms. The highest BCUT2D eigenvalue weighted by atomic mass is 16.2. The number of hydrogen-bond acceptors (Lipinski definition) is 3. The van der Waals surface area contributed by atoms with Gasteiger partial charge in [-0.3, -0.25) is 10.1 Å². The average molecular weight is 210 g/mol. The lowest BCUT2D eigenvalue weighted by atomic mass is 9.87. The van der Waals surface area contributed by atoms with Crippen LogP contribution in [-0.4, -0.2) is 23.3 Å². The van der Waals surface area contributed by atoms with Gasteiger partial charge in [-0.2, -0.15) is 0 Å². The van der Waals surface area contributed by atoms with E-state index in [4.69, 9.17) is 0 Å². The fraction of sp³-hybridized carbons (Fsp3) is 0.700. The molecule has 0 unspecified atom stereocenters. The van der Waals surface area contributed by atoms with E-state index >= 15 is 0 Å². The quantitative estimate of drug-likeness (QED) is 0.657. The maximum Gasteiger partial charge on any atom is 0.322 e. The fourth-order valence-electron chi connectivity index (χ4n) is 2.12. The minimum atomic E-state index is -0.803. The molecule has 1 atom stereocenters. The van der Waals surface area contributed by atoms with Gasteiger partial charge in [0.25, 0.3) is 5.91 Å². The first kappa shape index (κ1) is 10.1. The Labute approximate surface area is 87.6 Å². The van der Waals surface area contributed by atoms with Crippen LogP contribution in [0.5, 0.6) is 0 Å². The third-order valence-corrected chi connectivity index (χ3v) is 3.11. The number of Topliss-reactive ketones (excluding diaryl/α,β-unsaturated/α-hetero) is 1. The summed E-state index contributed by atoms with van der Waals surface area (Å²) in [5.74, 6) is -0.0106. The van der Waals surface area contributed by atoms with Crippen LogP contribution in [0.4, 0.5) is 4.79 Å². The number of carbonyl (C=O) groups is 3. The lowest BCUT2D eigenvalue weighted by Gasteiger charge is -2.25. The normalized spacial score (nSPS) is 29.9. The molecule has 1 saturated heterocycles. The van der Waals surface area contributed by atoms with Crippen LogP contribution in [-0.2, 0) is 9.59 Å². The standard InChI is InChI=1S/C10H14N2O3/c1-6(13)4-5-10(7-2-3-7)8(14)11-9(15)12-10/h7H,2-5H2,1H3,(H2,11,12,14,15)/t10-/m0/s1. The second-order valence-electron chi connectivity index (χ2n) is 4.36. The molecule has 0 aromatic carbocycles. The van der Waals surface area contributed by atoms with Crippen molar-refractivity contribution in [2.45, 2.75) is 38.1 Å². The molecule has 0 aromatic rings. The molecule has 2 rings (SSSR count). The van der Waals surface area contributed by atoms with Crippen LogP contribution in [0, 0.1) is 5.92 Å². The van der Waals surface area contributed by atoms with Crippen molar-refractivity contribution < 1.29 is 14.4 Å². The van der Waals surface area contributed by atoms with Crippen LogP contribution in [0.15, 0.2) is 0 Å². The molecular formula is C10H14N2O3. The number of nitrogens with one attached hydrogen (secondary N) is 2. The second-order valence-corrected chi connectivity index (χ2v) is 4.36. The molecule has 1 saturated carbocycles. The first-order valence-corrected chi connectivity index (χ1v) is 5.17. The third-order valence-electron chi connectivity index (χ3n) is 3.11. The summed E-state index contributed by atoms with van der Waals surface area (Å²) in [4.78, 5) is 33.7. The number of ketones is 1. The summed E-state index contributed by atoms with van der Waals surface area (Å²) < 4.78 is 0. The fourth-order valence-corrected chi connectivity index (χ4v) is 2.12. The zero-order valence-corrected chi connectivity index (χ0v) is 8.63. The number of urea groups is 1. The molecule has 5 nitrogen and oxygen atoms in total. The van der Waals surface area contributed by atoms with Gasteiger partial charge in [-0.1, -0.05) is 0 Å². The van der Waals surface area contributed by atoms with E-state index in [1.807, 2.05) is 0 Å². The molecule has 1 aliphatic heterocycles. The van der Waals surface area contributed by atoms with Gasteiger partial charge >= 0.3 is 6.03 Å². The van der Waals surface area contributed by atoms with Crippen molar-refractivity contribution in [3.8, 4) is 0 Å². The Kier molecular flexibility index (Phi) is 2.25. The Hall–Kier alpha value is -1.39. The lowest BCUT2D eigenvalue weighted by Crippen LogP contribution is -2.49. The monoisotopic (exact) mass is 210 g/mol. The van der Waals surface area contributed by atoms with Crippen molar-refractivity contribution in [2.24, 2.45) is 5.92 Å². The number of carbonyl (C=O) groups excluding carboxylic acids is 3. The molecular weight excluding hydrogens is 196 g/mol. The maximum absolute atomic E-state index is 11.7. The van der Waals surface area contributed by atoms with Crippen LogP contribution in [0.1, 0.15) is 32.6 Å². The van der Waals surface area contributed by atoms with Crippen molar-refractivity contribution in [1.29, 1.82) is 0 Å². The summed E-state index contributed by atoms with van der Waals surface area (Å²) in [7, 11) is 0. The lowest BCUT2D eigenvalue weighted by molar-refractivity contribution is -0.125. The van der Waals surface area contributed by atoms with E-state index in [1.165, 1.54) is 6.92 Å². The van der Waals surface area contributed by atoms with Crippen LogP contribution >= 0.6 is 0 Å². The Bertz CT molecular complexity index is 336. The molecule has 1 heterocycles. The zero-order chi connectivity index (χ0) is 11.1. The predicted octanol–water partition coefficient (Wildman–Crippen LogP) is 0.344. The van der Waals surface area contributed by atoms with Gasteiger partial charge in [0, 0.05) is 6.42 Å². The van der Waals surface area contributed by atoms with Crippen LogP contribution in [0.2, 0.25) is 0 Å². The number of amides is 3. The van der Waals surface area contributed by atoms with E-state index < -0.39 is 11.6 Å². The van der Waals surface area contributed by atoms with Crippen LogP contribution < -0.4 is 10.6 Å². The molecule has 1 aliphatic carbocycles. The minimum Gasteiger partial charge on any atom is -0.323 e. The van der Waals surface area contributed by atoms with E-state index in [9.17, 15) is 14.4 Å². The topological polar surface area (TPSA) is 75.3 Å². The number of hydrogen-bond donors (Lipinski definition) is 2. The second kappa shape index (κ2) is 3.32. The van der Waals surface area contributed by atoms with Gasteiger partial charge in [0.1, 0.15) is 11.3 Å². The van der Waals surface area contributed by atoms with Crippen LogP contribution in [0.3, 0.4) is 0 Å². The number of imide groups is 1. The van der Waals surface area contributed by atoms with Gasteiger partial charge in [0.05, 0.1) is 0 Å². The first-order chi connectivity index (χ1) is 7.04. The maximum atomic E-state index is 11.7. The highest BCUT2D eigenvalue weighted by Crippen LogP contribution is 2.43. The van der Waals surface area contributed by atoms with Gasteiger partial charge in [-0.15, -0.1) is 0 Å². The van der Waals surface area contributed by atoms with Crippen LogP contribution in [0.25, 0.3) is 0 Å². The van der Waals surface area contributed by atoms with Crippen molar-refractivity contribution in [1.82, 2.24) is 10.6 Å². The Morgan fingerprint density at radius 1 is 1.47 bits per heavy atom. The van der Waals surface area contributed by atoms with Crippen molar-refractivity contribution >= 4 is 17.7 Å². The highest BCUT2D eigenvalue weighted by Gasteiger charge is 2.55. The Balaban J connectivity index is 2.13. The molecule has 2 aliphatic rings. The largest absolute Gasteiger partial charge is 0.323 e. The van der Waals surface area contributed by atoms with Gasteiger partial charge in [-0.05, 0) is 32.1 Å². The summed E-state index contributed by atoms with van der Waals surface area (Å²) in [5, 5.41) is 4.94. The molecule has 0 radical (unpaired) electrons. The molecule has 0 aromatic heterocycles. The molecule has 2 N–H and O–H groups in total. The summed E-state index contributed by atoms with van der Waals surface area (Å²) in [6.07, 6.45) is 2.66. The van der Waals surface area contributed by atoms with Crippen molar-refractivity contribution in [3.05, 3.63) is 0 Å². The summed E-state index contributed by atoms with van der Waals surface area (Å²) in [6, 6.07) is -0.435. The van der Waals surface area contributed by atoms with Gasteiger partial charge in [0.2, 0.25) is 0 Å². The van der Waals surface area contributed by atoms with E-state index in [1.54, 1.807) is 0 Å². The summed E-state index contributed by atoms with van der Waals surface area (Å²) in [5.41, 5.74) is -0.803. The Morgan fingerprint density at radius 2 is 2.13 bits per heavy atom. The average Bonchev–Trinajstić information content (AvgIpc) is 2.91. The van der Waals surface area contributed by atoms with E-state index in [2.05, 4.69) is 10.6 Å².